The van der Waals surface area contributed by atoms with Crippen molar-refractivity contribution >= 4 is 11.8 Å². The van der Waals surface area contributed by atoms with Gasteiger partial charge in [0.15, 0.2) is 0 Å². The standard InChI is InChI=1S/C15H22N4O3/c20-11-10-18-6-8-19(9-7-18)12-14(21)16-17-15(22)13-4-2-1-3-5-13/h1-5,20H,6-12H2,(H,16,21)(H,17,22). The second-order valence-corrected chi connectivity index (χ2v) is 5.21. The van der Waals surface area contributed by atoms with Gasteiger partial charge in [-0.1, -0.05) is 18.2 Å². The van der Waals surface area contributed by atoms with E-state index in [1.165, 1.54) is 0 Å². The van der Waals surface area contributed by atoms with Crippen LogP contribution in [0.1, 0.15) is 10.4 Å². The second-order valence-electron chi connectivity index (χ2n) is 5.21. The van der Waals surface area contributed by atoms with Crippen LogP contribution >= 0.6 is 0 Å². The molecule has 0 spiro atoms. The summed E-state index contributed by atoms with van der Waals surface area (Å²) in [6.07, 6.45) is 0. The lowest BCUT2D eigenvalue weighted by Crippen LogP contribution is -2.52. The predicted octanol–water partition coefficient (Wildman–Crippen LogP) is -0.942. The summed E-state index contributed by atoms with van der Waals surface area (Å²) in [7, 11) is 0. The van der Waals surface area contributed by atoms with Crippen LogP contribution in [0.25, 0.3) is 0 Å². The highest BCUT2D eigenvalue weighted by Gasteiger charge is 2.18. The smallest absolute Gasteiger partial charge is 0.269 e. The minimum Gasteiger partial charge on any atom is -0.395 e. The minimum atomic E-state index is -0.332. The summed E-state index contributed by atoms with van der Waals surface area (Å²) in [4.78, 5) is 27.8. The van der Waals surface area contributed by atoms with Crippen molar-refractivity contribution in [3.63, 3.8) is 0 Å². The van der Waals surface area contributed by atoms with Crippen molar-refractivity contribution in [1.29, 1.82) is 0 Å². The first-order chi connectivity index (χ1) is 10.7. The number of carbonyl (C=O) groups is 2. The van der Waals surface area contributed by atoms with Gasteiger partial charge >= 0.3 is 0 Å². The molecule has 0 bridgehead atoms. The van der Waals surface area contributed by atoms with Gasteiger partial charge < -0.3 is 5.11 Å². The monoisotopic (exact) mass is 306 g/mol. The van der Waals surface area contributed by atoms with E-state index in [0.717, 1.165) is 26.2 Å². The molecule has 2 rings (SSSR count). The van der Waals surface area contributed by atoms with E-state index in [2.05, 4.69) is 15.8 Å². The number of carbonyl (C=O) groups excluding carboxylic acids is 2. The number of piperazine rings is 1. The quantitative estimate of drug-likeness (QED) is 0.611. The third kappa shape index (κ3) is 5.10. The van der Waals surface area contributed by atoms with Crippen molar-refractivity contribution < 1.29 is 14.7 Å². The van der Waals surface area contributed by atoms with Gasteiger partial charge in [-0.3, -0.25) is 30.2 Å². The van der Waals surface area contributed by atoms with Crippen molar-refractivity contribution in [2.75, 3.05) is 45.9 Å². The maximum Gasteiger partial charge on any atom is 0.269 e. The fourth-order valence-electron chi connectivity index (χ4n) is 2.34. The lowest BCUT2D eigenvalue weighted by Gasteiger charge is -2.33. The van der Waals surface area contributed by atoms with Crippen molar-refractivity contribution in [2.24, 2.45) is 0 Å². The summed E-state index contributed by atoms with van der Waals surface area (Å²) in [6.45, 7) is 4.32. The number of hydrogen-bond acceptors (Lipinski definition) is 5. The van der Waals surface area contributed by atoms with Gasteiger partial charge in [-0.15, -0.1) is 0 Å². The Bertz CT molecular complexity index is 487. The summed E-state index contributed by atoms with van der Waals surface area (Å²) in [5, 5.41) is 8.89. The topological polar surface area (TPSA) is 84.9 Å². The highest BCUT2D eigenvalue weighted by atomic mass is 16.3. The van der Waals surface area contributed by atoms with Gasteiger partial charge in [-0.25, -0.2) is 0 Å². The van der Waals surface area contributed by atoms with Gasteiger partial charge in [-0.05, 0) is 12.1 Å². The third-order valence-electron chi connectivity index (χ3n) is 3.60. The molecule has 0 saturated carbocycles. The Morgan fingerprint density at radius 1 is 1.00 bits per heavy atom. The number of rotatable bonds is 5. The van der Waals surface area contributed by atoms with Gasteiger partial charge in [0, 0.05) is 38.3 Å². The number of amides is 2. The van der Waals surface area contributed by atoms with Gasteiger partial charge in [0.25, 0.3) is 11.8 Å². The Labute approximate surface area is 129 Å². The summed E-state index contributed by atoms with van der Waals surface area (Å²) >= 11 is 0. The lowest BCUT2D eigenvalue weighted by molar-refractivity contribution is -0.123. The van der Waals surface area contributed by atoms with Gasteiger partial charge in [0.05, 0.1) is 13.2 Å². The zero-order valence-electron chi connectivity index (χ0n) is 12.5. The zero-order valence-corrected chi connectivity index (χ0v) is 12.5. The van der Waals surface area contributed by atoms with E-state index >= 15 is 0 Å². The van der Waals surface area contributed by atoms with Crippen LogP contribution in [0.3, 0.4) is 0 Å². The maximum absolute atomic E-state index is 11.8. The first kappa shape index (κ1) is 16.4. The number of aliphatic hydroxyl groups excluding tert-OH is 1. The normalized spacial score (nSPS) is 16.2. The molecule has 0 radical (unpaired) electrons. The number of nitrogens with one attached hydrogen (secondary N) is 2. The molecule has 0 aliphatic carbocycles. The molecule has 1 aliphatic heterocycles. The molecule has 3 N–H and O–H groups in total. The van der Waals surface area contributed by atoms with E-state index in [9.17, 15) is 9.59 Å². The first-order valence-corrected chi connectivity index (χ1v) is 7.39. The summed E-state index contributed by atoms with van der Waals surface area (Å²) in [6, 6.07) is 8.72. The molecular weight excluding hydrogens is 284 g/mol. The molecule has 1 aromatic rings. The molecule has 7 heteroatoms. The Kier molecular flexibility index (Phi) is 6.32. The maximum atomic E-state index is 11.8. The van der Waals surface area contributed by atoms with Crippen molar-refractivity contribution in [3.05, 3.63) is 35.9 Å². The molecular formula is C15H22N4O3. The highest BCUT2D eigenvalue weighted by Crippen LogP contribution is 2.00. The molecule has 0 atom stereocenters. The van der Waals surface area contributed by atoms with Crippen LogP contribution in [-0.4, -0.2) is 72.6 Å². The fourth-order valence-corrected chi connectivity index (χ4v) is 2.34. The molecule has 0 aromatic heterocycles. The van der Waals surface area contributed by atoms with Crippen LogP contribution in [0, 0.1) is 0 Å². The number of benzene rings is 1. The SMILES string of the molecule is O=C(CN1CCN(CCO)CC1)NNC(=O)c1ccccc1. The van der Waals surface area contributed by atoms with E-state index < -0.39 is 0 Å². The third-order valence-corrected chi connectivity index (χ3v) is 3.60. The van der Waals surface area contributed by atoms with Crippen molar-refractivity contribution in [3.8, 4) is 0 Å². The number of nitrogens with zero attached hydrogens (tertiary/aromatic N) is 2. The second kappa shape index (κ2) is 8.47. The molecule has 1 fully saturated rings. The molecule has 7 nitrogen and oxygen atoms in total. The van der Waals surface area contributed by atoms with Gasteiger partial charge in [0.2, 0.25) is 0 Å². The summed E-state index contributed by atoms with van der Waals surface area (Å²) in [5.74, 6) is -0.568. The van der Waals surface area contributed by atoms with E-state index in [-0.39, 0.29) is 25.0 Å². The Morgan fingerprint density at radius 3 is 2.27 bits per heavy atom. The van der Waals surface area contributed by atoms with Gasteiger partial charge in [0.1, 0.15) is 0 Å². The molecule has 1 saturated heterocycles. The van der Waals surface area contributed by atoms with Gasteiger partial charge in [-0.2, -0.15) is 0 Å². The van der Waals surface area contributed by atoms with Crippen LogP contribution in [0.5, 0.6) is 0 Å². The Hall–Kier alpha value is -1.96. The van der Waals surface area contributed by atoms with Crippen LogP contribution in [0.15, 0.2) is 30.3 Å². The Balaban J connectivity index is 1.67. The van der Waals surface area contributed by atoms with Crippen molar-refractivity contribution in [2.45, 2.75) is 0 Å². The average molecular weight is 306 g/mol. The number of hydrogen-bond donors (Lipinski definition) is 3. The Morgan fingerprint density at radius 2 is 1.64 bits per heavy atom. The number of β-amino-alcohol motifs (C(OH)–C–C–N with tert-alkyl or cyclic N) is 1. The highest BCUT2D eigenvalue weighted by molar-refractivity contribution is 5.95. The summed E-state index contributed by atoms with van der Waals surface area (Å²) < 4.78 is 0. The number of aliphatic hydroxyl groups is 1. The molecule has 2 amide bonds. The molecule has 22 heavy (non-hydrogen) atoms. The zero-order chi connectivity index (χ0) is 15.8. The fraction of sp³-hybridized carbons (Fsp3) is 0.467. The minimum absolute atomic E-state index is 0.159. The molecule has 0 unspecified atom stereocenters. The molecule has 120 valence electrons. The van der Waals surface area contributed by atoms with Crippen LogP contribution in [0.2, 0.25) is 0 Å². The van der Waals surface area contributed by atoms with E-state index in [1.807, 2.05) is 11.0 Å². The first-order valence-electron chi connectivity index (χ1n) is 7.39. The predicted molar refractivity (Wildman–Crippen MR) is 82.0 cm³/mol. The average Bonchev–Trinajstić information content (AvgIpc) is 2.55. The number of hydrazine groups is 1. The van der Waals surface area contributed by atoms with Crippen LogP contribution in [0.4, 0.5) is 0 Å². The van der Waals surface area contributed by atoms with Crippen LogP contribution < -0.4 is 10.9 Å². The van der Waals surface area contributed by atoms with Crippen molar-refractivity contribution in [1.82, 2.24) is 20.7 Å². The van der Waals surface area contributed by atoms with Crippen LogP contribution in [-0.2, 0) is 4.79 Å². The van der Waals surface area contributed by atoms with E-state index in [0.29, 0.717) is 12.1 Å². The largest absolute Gasteiger partial charge is 0.395 e. The molecule has 1 aromatic carbocycles. The van der Waals surface area contributed by atoms with E-state index in [4.69, 9.17) is 5.11 Å². The molecule has 1 heterocycles. The lowest BCUT2D eigenvalue weighted by atomic mass is 10.2. The molecule has 1 aliphatic rings. The summed E-state index contributed by atoms with van der Waals surface area (Å²) in [5.41, 5.74) is 5.34. The van der Waals surface area contributed by atoms with E-state index in [1.54, 1.807) is 24.3 Å².